The molecule has 0 amide bonds. The predicted octanol–water partition coefficient (Wildman–Crippen LogP) is 3.19. The van der Waals surface area contributed by atoms with Gasteiger partial charge >= 0.3 is 0 Å². The van der Waals surface area contributed by atoms with Crippen LogP contribution in [0.2, 0.25) is 5.02 Å². The molecule has 1 aromatic carbocycles. The van der Waals surface area contributed by atoms with Crippen molar-refractivity contribution in [3.8, 4) is 0 Å². The normalized spacial score (nSPS) is 15.3. The van der Waals surface area contributed by atoms with Crippen LogP contribution in [-0.4, -0.2) is 42.0 Å². The summed E-state index contributed by atoms with van der Waals surface area (Å²) in [5, 5.41) is 3.13. The van der Waals surface area contributed by atoms with Gasteiger partial charge in [0.1, 0.15) is 5.82 Å². The molecular formula is C15H18ClFIN5S. The number of aromatic nitrogens is 1. The number of hydrogen-bond donors (Lipinski definition) is 1. The molecule has 5 nitrogen and oxygen atoms in total. The summed E-state index contributed by atoms with van der Waals surface area (Å²) < 4.78 is 13.1. The largest absolute Gasteiger partial charge is 0.370 e. The lowest BCUT2D eigenvalue weighted by Gasteiger charge is -2.35. The molecule has 1 fully saturated rings. The summed E-state index contributed by atoms with van der Waals surface area (Å²) in [6.45, 7) is 3.73. The Balaban J connectivity index is 0.00000208. The van der Waals surface area contributed by atoms with Crippen molar-refractivity contribution in [3.05, 3.63) is 46.2 Å². The number of rotatable bonds is 3. The quantitative estimate of drug-likeness (QED) is 0.416. The number of thiazole rings is 1. The maximum absolute atomic E-state index is 13.1. The summed E-state index contributed by atoms with van der Waals surface area (Å²) >= 11 is 7.41. The Morgan fingerprint density at radius 2 is 2.08 bits per heavy atom. The summed E-state index contributed by atoms with van der Waals surface area (Å²) in [7, 11) is 0. The van der Waals surface area contributed by atoms with Gasteiger partial charge in [0.25, 0.3) is 0 Å². The van der Waals surface area contributed by atoms with E-state index >= 15 is 0 Å². The Kier molecular flexibility index (Phi) is 7.05. The SMILES string of the molecule is I.NC(=NCc1ccc(F)c(Cl)c1)N1CCN(c2nccs2)CC1. The highest BCUT2D eigenvalue weighted by Gasteiger charge is 2.19. The van der Waals surface area contributed by atoms with Crippen molar-refractivity contribution >= 4 is 58.0 Å². The van der Waals surface area contributed by atoms with E-state index in [1.165, 1.54) is 6.07 Å². The topological polar surface area (TPSA) is 57.8 Å². The lowest BCUT2D eigenvalue weighted by atomic mass is 10.2. The first kappa shape index (κ1) is 19.2. The van der Waals surface area contributed by atoms with Gasteiger partial charge in [-0.05, 0) is 17.7 Å². The van der Waals surface area contributed by atoms with Gasteiger partial charge in [-0.2, -0.15) is 0 Å². The standard InChI is InChI=1S/C15H17ClFN5S.HI/c16-12-9-11(1-2-13(12)17)10-20-14(18)21-4-6-22(7-5-21)15-19-3-8-23-15;/h1-3,8-9H,4-7,10H2,(H2,18,20);1H. The van der Waals surface area contributed by atoms with Crippen LogP contribution in [0, 0.1) is 5.82 Å². The summed E-state index contributed by atoms with van der Waals surface area (Å²) in [6.07, 6.45) is 1.82. The molecule has 1 aromatic heterocycles. The average molecular weight is 482 g/mol. The van der Waals surface area contributed by atoms with Gasteiger partial charge in [0.05, 0.1) is 11.6 Å². The summed E-state index contributed by atoms with van der Waals surface area (Å²) in [4.78, 5) is 13.0. The maximum Gasteiger partial charge on any atom is 0.191 e. The van der Waals surface area contributed by atoms with E-state index in [2.05, 4.69) is 19.8 Å². The van der Waals surface area contributed by atoms with Crippen LogP contribution in [0.25, 0.3) is 0 Å². The van der Waals surface area contributed by atoms with Gasteiger partial charge in [0.15, 0.2) is 11.1 Å². The van der Waals surface area contributed by atoms with Gasteiger partial charge in [-0.15, -0.1) is 35.3 Å². The molecule has 2 N–H and O–H groups in total. The fourth-order valence-corrected chi connectivity index (χ4v) is 3.31. The van der Waals surface area contributed by atoms with E-state index in [1.807, 2.05) is 11.6 Å². The monoisotopic (exact) mass is 481 g/mol. The molecule has 2 heterocycles. The molecule has 130 valence electrons. The van der Waals surface area contributed by atoms with Gasteiger partial charge < -0.3 is 15.5 Å². The molecule has 0 aliphatic carbocycles. The molecule has 0 bridgehead atoms. The molecule has 0 saturated carbocycles. The summed E-state index contributed by atoms with van der Waals surface area (Å²) in [5.74, 6) is 0.0786. The first-order chi connectivity index (χ1) is 11.1. The van der Waals surface area contributed by atoms with Crippen LogP contribution in [0.4, 0.5) is 9.52 Å². The van der Waals surface area contributed by atoms with E-state index in [0.717, 1.165) is 36.9 Å². The fourth-order valence-electron chi connectivity index (χ4n) is 2.41. The Bertz CT molecular complexity index is 689. The third kappa shape index (κ3) is 4.70. The maximum atomic E-state index is 13.1. The summed E-state index contributed by atoms with van der Waals surface area (Å²) in [5.41, 5.74) is 6.90. The molecule has 0 atom stereocenters. The van der Waals surface area contributed by atoms with E-state index < -0.39 is 5.82 Å². The second-order valence-corrected chi connectivity index (χ2v) is 6.49. The van der Waals surface area contributed by atoms with Crippen molar-refractivity contribution in [1.29, 1.82) is 0 Å². The lowest BCUT2D eigenvalue weighted by molar-refractivity contribution is 0.380. The van der Waals surface area contributed by atoms with Crippen molar-refractivity contribution in [3.63, 3.8) is 0 Å². The van der Waals surface area contributed by atoms with Crippen molar-refractivity contribution in [2.45, 2.75) is 6.54 Å². The molecule has 0 spiro atoms. The van der Waals surface area contributed by atoms with Crippen LogP contribution >= 0.6 is 46.9 Å². The second kappa shape index (κ2) is 8.82. The number of hydrogen-bond acceptors (Lipinski definition) is 4. The highest BCUT2D eigenvalue weighted by molar-refractivity contribution is 14.0. The number of nitrogens with zero attached hydrogens (tertiary/aromatic N) is 4. The van der Waals surface area contributed by atoms with Crippen molar-refractivity contribution in [2.75, 3.05) is 31.1 Å². The third-order valence-electron chi connectivity index (χ3n) is 3.70. The molecule has 3 rings (SSSR count). The number of piperazine rings is 1. The zero-order valence-electron chi connectivity index (χ0n) is 12.9. The summed E-state index contributed by atoms with van der Waals surface area (Å²) in [6, 6.07) is 4.59. The van der Waals surface area contributed by atoms with E-state index in [-0.39, 0.29) is 29.0 Å². The van der Waals surface area contributed by atoms with E-state index in [1.54, 1.807) is 23.5 Å². The van der Waals surface area contributed by atoms with E-state index in [0.29, 0.717) is 12.5 Å². The number of anilines is 1. The highest BCUT2D eigenvalue weighted by Crippen LogP contribution is 2.19. The third-order valence-corrected chi connectivity index (χ3v) is 4.82. The van der Waals surface area contributed by atoms with Crippen molar-refractivity contribution < 1.29 is 4.39 Å². The molecule has 1 aliphatic heterocycles. The minimum absolute atomic E-state index is 0. The zero-order chi connectivity index (χ0) is 16.2. The second-order valence-electron chi connectivity index (χ2n) is 5.21. The number of benzene rings is 1. The van der Waals surface area contributed by atoms with Crippen LogP contribution in [0.15, 0.2) is 34.8 Å². The van der Waals surface area contributed by atoms with Crippen molar-refractivity contribution in [1.82, 2.24) is 9.88 Å². The van der Waals surface area contributed by atoms with Crippen LogP contribution in [0.1, 0.15) is 5.56 Å². The molecule has 0 unspecified atom stereocenters. The molecule has 9 heteroatoms. The smallest absolute Gasteiger partial charge is 0.191 e. The minimum atomic E-state index is -0.425. The molecule has 1 saturated heterocycles. The molecule has 1 aliphatic rings. The first-order valence-electron chi connectivity index (χ1n) is 7.27. The van der Waals surface area contributed by atoms with E-state index in [4.69, 9.17) is 17.3 Å². The van der Waals surface area contributed by atoms with Gasteiger partial charge in [0, 0.05) is 37.8 Å². The zero-order valence-corrected chi connectivity index (χ0v) is 16.8. The minimum Gasteiger partial charge on any atom is -0.370 e. The van der Waals surface area contributed by atoms with Gasteiger partial charge in [-0.1, -0.05) is 17.7 Å². The number of halogens is 3. The van der Waals surface area contributed by atoms with Gasteiger partial charge in [-0.3, -0.25) is 0 Å². The van der Waals surface area contributed by atoms with Crippen LogP contribution in [0.5, 0.6) is 0 Å². The van der Waals surface area contributed by atoms with Crippen LogP contribution in [0.3, 0.4) is 0 Å². The van der Waals surface area contributed by atoms with Crippen LogP contribution < -0.4 is 10.6 Å². The highest BCUT2D eigenvalue weighted by atomic mass is 127. The van der Waals surface area contributed by atoms with Gasteiger partial charge in [0.2, 0.25) is 0 Å². The molecular weight excluding hydrogens is 464 g/mol. The average Bonchev–Trinajstić information content (AvgIpc) is 3.10. The molecule has 2 aromatic rings. The van der Waals surface area contributed by atoms with E-state index in [9.17, 15) is 4.39 Å². The van der Waals surface area contributed by atoms with Crippen molar-refractivity contribution in [2.24, 2.45) is 10.7 Å². The Morgan fingerprint density at radius 3 is 2.71 bits per heavy atom. The molecule has 0 radical (unpaired) electrons. The van der Waals surface area contributed by atoms with Crippen LogP contribution in [-0.2, 0) is 6.54 Å². The fraction of sp³-hybridized carbons (Fsp3) is 0.333. The Hall–Kier alpha value is -1.13. The number of nitrogens with two attached hydrogens (primary N) is 1. The first-order valence-corrected chi connectivity index (χ1v) is 8.52. The Morgan fingerprint density at radius 1 is 1.33 bits per heavy atom. The number of guanidine groups is 1. The van der Waals surface area contributed by atoms with Gasteiger partial charge in [-0.25, -0.2) is 14.4 Å². The molecule has 24 heavy (non-hydrogen) atoms. The Labute approximate surface area is 166 Å². The predicted molar refractivity (Wildman–Crippen MR) is 108 cm³/mol. The lowest BCUT2D eigenvalue weighted by Crippen LogP contribution is -2.51. The number of aliphatic imine (C=N–C) groups is 1.